The molecule has 1 rings (SSSR count). The molecular formula is C9H16N4O2S2. The maximum Gasteiger partial charge on any atom is 0.218 e. The van der Waals surface area contributed by atoms with Gasteiger partial charge in [0, 0.05) is 25.4 Å². The van der Waals surface area contributed by atoms with Crippen LogP contribution in [0.3, 0.4) is 0 Å². The SMILES string of the molecule is CCc1nn(C)cc1CNS(=O)(=O)CC(N)=S. The van der Waals surface area contributed by atoms with Crippen molar-refractivity contribution in [1.82, 2.24) is 14.5 Å². The quantitative estimate of drug-likeness (QED) is 0.696. The van der Waals surface area contributed by atoms with Crippen LogP contribution in [0.25, 0.3) is 0 Å². The molecule has 0 saturated carbocycles. The molecule has 0 radical (unpaired) electrons. The zero-order chi connectivity index (χ0) is 13.1. The number of hydrogen-bond donors (Lipinski definition) is 2. The molecule has 0 fully saturated rings. The van der Waals surface area contributed by atoms with E-state index in [2.05, 4.69) is 22.0 Å². The Balaban J connectivity index is 2.70. The first-order valence-electron chi connectivity index (χ1n) is 5.11. The molecule has 0 amide bonds. The van der Waals surface area contributed by atoms with Gasteiger partial charge in [-0.15, -0.1) is 0 Å². The Morgan fingerprint density at radius 3 is 2.82 bits per heavy atom. The van der Waals surface area contributed by atoms with Crippen molar-refractivity contribution in [3.8, 4) is 0 Å². The van der Waals surface area contributed by atoms with Crippen LogP contribution in [-0.4, -0.2) is 28.9 Å². The second-order valence-electron chi connectivity index (χ2n) is 3.67. The van der Waals surface area contributed by atoms with E-state index in [4.69, 9.17) is 5.73 Å². The maximum absolute atomic E-state index is 11.5. The Labute approximate surface area is 106 Å². The number of aryl methyl sites for hydroxylation is 2. The van der Waals surface area contributed by atoms with E-state index in [1.807, 2.05) is 6.92 Å². The number of nitrogens with one attached hydrogen (secondary N) is 1. The molecule has 0 aliphatic rings. The molecule has 0 spiro atoms. The van der Waals surface area contributed by atoms with Gasteiger partial charge >= 0.3 is 0 Å². The number of hydrogen-bond acceptors (Lipinski definition) is 4. The van der Waals surface area contributed by atoms with Gasteiger partial charge in [0.1, 0.15) is 5.75 Å². The van der Waals surface area contributed by atoms with Crippen LogP contribution in [0.1, 0.15) is 18.2 Å². The third kappa shape index (κ3) is 4.41. The van der Waals surface area contributed by atoms with Gasteiger partial charge in [-0.3, -0.25) is 4.68 Å². The molecule has 0 unspecified atom stereocenters. The van der Waals surface area contributed by atoms with Crippen LogP contribution in [0.2, 0.25) is 0 Å². The van der Waals surface area contributed by atoms with E-state index < -0.39 is 10.0 Å². The summed E-state index contributed by atoms with van der Waals surface area (Å²) in [6, 6.07) is 0. The van der Waals surface area contributed by atoms with Crippen LogP contribution in [0.15, 0.2) is 6.20 Å². The molecule has 0 aliphatic carbocycles. The third-order valence-electron chi connectivity index (χ3n) is 2.14. The normalized spacial score (nSPS) is 11.6. The van der Waals surface area contributed by atoms with E-state index in [-0.39, 0.29) is 17.3 Å². The number of nitrogens with two attached hydrogens (primary N) is 1. The van der Waals surface area contributed by atoms with Crippen molar-refractivity contribution in [3.05, 3.63) is 17.5 Å². The molecule has 1 aromatic heterocycles. The van der Waals surface area contributed by atoms with E-state index in [1.165, 1.54) is 0 Å². The minimum atomic E-state index is -3.45. The number of nitrogens with zero attached hydrogens (tertiary/aromatic N) is 2. The number of sulfonamides is 1. The lowest BCUT2D eigenvalue weighted by atomic mass is 10.2. The molecule has 1 heterocycles. The van der Waals surface area contributed by atoms with Gasteiger partial charge in [0.2, 0.25) is 10.0 Å². The van der Waals surface area contributed by atoms with Gasteiger partial charge in [-0.25, -0.2) is 13.1 Å². The highest BCUT2D eigenvalue weighted by Crippen LogP contribution is 2.07. The molecule has 0 aromatic carbocycles. The van der Waals surface area contributed by atoms with E-state index in [1.54, 1.807) is 17.9 Å². The van der Waals surface area contributed by atoms with Crippen LogP contribution >= 0.6 is 12.2 Å². The molecule has 0 saturated heterocycles. The van der Waals surface area contributed by atoms with Crippen molar-refractivity contribution in [3.63, 3.8) is 0 Å². The smallest absolute Gasteiger partial charge is 0.218 e. The number of thiocarbonyl (C=S) groups is 1. The highest BCUT2D eigenvalue weighted by atomic mass is 32.2. The molecule has 17 heavy (non-hydrogen) atoms. The highest BCUT2D eigenvalue weighted by Gasteiger charge is 2.13. The lowest BCUT2D eigenvalue weighted by Gasteiger charge is -2.05. The van der Waals surface area contributed by atoms with Crippen molar-refractivity contribution >= 4 is 27.2 Å². The lowest BCUT2D eigenvalue weighted by molar-refractivity contribution is 0.585. The van der Waals surface area contributed by atoms with Crippen LogP contribution in [0.4, 0.5) is 0 Å². The van der Waals surface area contributed by atoms with Gasteiger partial charge in [0.05, 0.1) is 10.7 Å². The fourth-order valence-electron chi connectivity index (χ4n) is 1.46. The average Bonchev–Trinajstić information content (AvgIpc) is 2.54. The van der Waals surface area contributed by atoms with E-state index in [0.717, 1.165) is 17.7 Å². The summed E-state index contributed by atoms with van der Waals surface area (Å²) in [7, 11) is -1.65. The Morgan fingerprint density at radius 2 is 2.29 bits per heavy atom. The largest absolute Gasteiger partial charge is 0.392 e. The highest BCUT2D eigenvalue weighted by molar-refractivity contribution is 7.92. The van der Waals surface area contributed by atoms with E-state index in [0.29, 0.717) is 0 Å². The first kappa shape index (κ1) is 14.1. The van der Waals surface area contributed by atoms with Gasteiger partial charge in [-0.2, -0.15) is 5.10 Å². The summed E-state index contributed by atoms with van der Waals surface area (Å²) >= 11 is 4.57. The maximum atomic E-state index is 11.5. The molecule has 0 aliphatic heterocycles. The average molecular weight is 276 g/mol. The Kier molecular flexibility index (Phi) is 4.61. The van der Waals surface area contributed by atoms with Crippen LogP contribution in [-0.2, 0) is 30.0 Å². The summed E-state index contributed by atoms with van der Waals surface area (Å²) in [6.07, 6.45) is 2.55. The van der Waals surface area contributed by atoms with E-state index in [9.17, 15) is 8.42 Å². The van der Waals surface area contributed by atoms with Crippen molar-refractivity contribution in [2.24, 2.45) is 12.8 Å². The molecule has 8 heteroatoms. The third-order valence-corrected chi connectivity index (χ3v) is 3.74. The van der Waals surface area contributed by atoms with Gasteiger partial charge < -0.3 is 5.73 Å². The standard InChI is InChI=1S/C9H16N4O2S2/c1-3-8-7(5-13(2)12-8)4-11-17(14,15)6-9(10)16/h5,11H,3-4,6H2,1-2H3,(H2,10,16). The Bertz CT molecular complexity index is 507. The minimum absolute atomic E-state index is 0.0422. The van der Waals surface area contributed by atoms with Crippen molar-refractivity contribution in [2.75, 3.05) is 5.75 Å². The van der Waals surface area contributed by atoms with Gasteiger partial charge in [-0.05, 0) is 6.42 Å². The van der Waals surface area contributed by atoms with Crippen molar-refractivity contribution in [2.45, 2.75) is 19.9 Å². The van der Waals surface area contributed by atoms with Gasteiger partial charge in [-0.1, -0.05) is 19.1 Å². The Hall–Kier alpha value is -0.990. The summed E-state index contributed by atoms with van der Waals surface area (Å²) < 4.78 is 27.1. The van der Waals surface area contributed by atoms with Crippen molar-refractivity contribution in [1.29, 1.82) is 0 Å². The van der Waals surface area contributed by atoms with Gasteiger partial charge in [0.15, 0.2) is 0 Å². The summed E-state index contributed by atoms with van der Waals surface area (Å²) in [6.45, 7) is 2.18. The minimum Gasteiger partial charge on any atom is -0.392 e. The second-order valence-corrected chi connectivity index (χ2v) is 6.01. The van der Waals surface area contributed by atoms with Crippen LogP contribution in [0, 0.1) is 0 Å². The molecule has 3 N–H and O–H groups in total. The predicted octanol–water partition coefficient (Wildman–Crippen LogP) is -0.312. The van der Waals surface area contributed by atoms with Gasteiger partial charge in [0.25, 0.3) is 0 Å². The summed E-state index contributed by atoms with van der Waals surface area (Å²) in [5.74, 6) is -0.329. The van der Waals surface area contributed by atoms with Crippen LogP contribution < -0.4 is 10.5 Å². The van der Waals surface area contributed by atoms with Crippen LogP contribution in [0.5, 0.6) is 0 Å². The zero-order valence-electron chi connectivity index (χ0n) is 9.80. The lowest BCUT2D eigenvalue weighted by Crippen LogP contribution is -2.32. The van der Waals surface area contributed by atoms with Crippen molar-refractivity contribution < 1.29 is 8.42 Å². The topological polar surface area (TPSA) is 90.0 Å². The van der Waals surface area contributed by atoms with E-state index >= 15 is 0 Å². The molecule has 0 atom stereocenters. The second kappa shape index (κ2) is 5.56. The predicted molar refractivity (Wildman–Crippen MR) is 70.0 cm³/mol. The number of rotatable bonds is 6. The molecule has 96 valence electrons. The first-order chi connectivity index (χ1) is 7.84. The monoisotopic (exact) mass is 276 g/mol. The molecule has 1 aromatic rings. The first-order valence-corrected chi connectivity index (χ1v) is 7.17. The summed E-state index contributed by atoms with van der Waals surface area (Å²) in [5, 5.41) is 4.22. The summed E-state index contributed by atoms with van der Waals surface area (Å²) in [4.78, 5) is -0.0422. The molecule has 0 bridgehead atoms. The summed E-state index contributed by atoms with van der Waals surface area (Å²) in [5.41, 5.74) is 6.95. The Morgan fingerprint density at radius 1 is 1.65 bits per heavy atom. The zero-order valence-corrected chi connectivity index (χ0v) is 11.4. The molecule has 6 nitrogen and oxygen atoms in total. The fraction of sp³-hybridized carbons (Fsp3) is 0.556. The fourth-order valence-corrected chi connectivity index (χ4v) is 2.77. The number of aromatic nitrogens is 2. The molecular weight excluding hydrogens is 260 g/mol.